The zero-order chi connectivity index (χ0) is 10.0. The van der Waals surface area contributed by atoms with E-state index in [4.69, 9.17) is 0 Å². The smallest absolute Gasteiger partial charge is 0.219 e. The van der Waals surface area contributed by atoms with E-state index in [9.17, 15) is 4.79 Å². The minimum Gasteiger partial charge on any atom is -0.340 e. The van der Waals surface area contributed by atoms with Crippen LogP contribution in [0.4, 0.5) is 0 Å². The molecule has 1 heterocycles. The molecule has 2 nitrogen and oxygen atoms in total. The van der Waals surface area contributed by atoms with Crippen LogP contribution >= 0.6 is 0 Å². The number of amides is 1. The van der Waals surface area contributed by atoms with Gasteiger partial charge in [0.1, 0.15) is 0 Å². The Morgan fingerprint density at radius 3 is 2.62 bits per heavy atom. The van der Waals surface area contributed by atoms with E-state index in [1.165, 1.54) is 6.42 Å². The van der Waals surface area contributed by atoms with Gasteiger partial charge in [0, 0.05) is 19.5 Å². The van der Waals surface area contributed by atoms with Gasteiger partial charge in [-0.1, -0.05) is 20.8 Å². The Morgan fingerprint density at radius 1 is 1.54 bits per heavy atom. The highest BCUT2D eigenvalue weighted by molar-refractivity contribution is 5.73. The van der Waals surface area contributed by atoms with E-state index in [0.29, 0.717) is 17.9 Å². The zero-order valence-electron chi connectivity index (χ0n) is 9.21. The summed E-state index contributed by atoms with van der Waals surface area (Å²) in [5.41, 5.74) is 0. The third-order valence-corrected chi connectivity index (χ3v) is 2.77. The van der Waals surface area contributed by atoms with Crippen LogP contribution in [0.15, 0.2) is 0 Å². The summed E-state index contributed by atoms with van der Waals surface area (Å²) in [4.78, 5) is 13.4. The standard InChI is InChI=1S/C11H21NO/c1-8(2)5-11-6-9(3)7-12(11)10(4)13/h8-9,11H,5-7H2,1-4H3. The summed E-state index contributed by atoms with van der Waals surface area (Å²) >= 11 is 0. The maximum Gasteiger partial charge on any atom is 0.219 e. The van der Waals surface area contributed by atoms with Crippen molar-refractivity contribution in [3.8, 4) is 0 Å². The summed E-state index contributed by atoms with van der Waals surface area (Å²) in [6.07, 6.45) is 2.35. The van der Waals surface area contributed by atoms with Gasteiger partial charge in [-0.05, 0) is 24.7 Å². The fourth-order valence-corrected chi connectivity index (χ4v) is 2.30. The van der Waals surface area contributed by atoms with Crippen molar-refractivity contribution >= 4 is 5.91 Å². The Labute approximate surface area is 81.3 Å². The van der Waals surface area contributed by atoms with Crippen molar-refractivity contribution in [1.29, 1.82) is 0 Å². The highest BCUT2D eigenvalue weighted by Gasteiger charge is 2.31. The predicted molar refractivity (Wildman–Crippen MR) is 54.4 cm³/mol. The molecular formula is C11H21NO. The number of hydrogen-bond acceptors (Lipinski definition) is 1. The summed E-state index contributed by atoms with van der Waals surface area (Å²) in [5, 5.41) is 0. The lowest BCUT2D eigenvalue weighted by molar-refractivity contribution is -0.129. The van der Waals surface area contributed by atoms with Crippen molar-refractivity contribution < 1.29 is 4.79 Å². The van der Waals surface area contributed by atoms with Crippen molar-refractivity contribution in [2.24, 2.45) is 11.8 Å². The molecule has 2 atom stereocenters. The molecule has 13 heavy (non-hydrogen) atoms. The van der Waals surface area contributed by atoms with Crippen LogP contribution < -0.4 is 0 Å². The SMILES string of the molecule is CC(=O)N1CC(C)CC1CC(C)C. The molecule has 0 aromatic carbocycles. The second-order valence-corrected chi connectivity index (χ2v) is 4.80. The average molecular weight is 183 g/mol. The van der Waals surface area contributed by atoms with Gasteiger partial charge in [-0.2, -0.15) is 0 Å². The van der Waals surface area contributed by atoms with Gasteiger partial charge in [-0.25, -0.2) is 0 Å². The van der Waals surface area contributed by atoms with Crippen LogP contribution in [0.25, 0.3) is 0 Å². The topological polar surface area (TPSA) is 20.3 Å². The lowest BCUT2D eigenvalue weighted by Gasteiger charge is -2.24. The molecule has 1 rings (SSSR count). The van der Waals surface area contributed by atoms with Crippen molar-refractivity contribution in [3.05, 3.63) is 0 Å². The molecule has 0 aromatic rings. The highest BCUT2D eigenvalue weighted by Crippen LogP contribution is 2.27. The Bertz CT molecular complexity index is 189. The van der Waals surface area contributed by atoms with Gasteiger partial charge in [0.2, 0.25) is 5.91 Å². The van der Waals surface area contributed by atoms with Crippen LogP contribution in [-0.2, 0) is 4.79 Å². The van der Waals surface area contributed by atoms with Crippen LogP contribution in [-0.4, -0.2) is 23.4 Å². The largest absolute Gasteiger partial charge is 0.340 e. The van der Waals surface area contributed by atoms with Crippen LogP contribution in [0.3, 0.4) is 0 Å². The Kier molecular flexibility index (Phi) is 3.34. The van der Waals surface area contributed by atoms with E-state index in [0.717, 1.165) is 13.0 Å². The molecule has 1 aliphatic rings. The lowest BCUT2D eigenvalue weighted by atomic mass is 9.99. The van der Waals surface area contributed by atoms with E-state index in [2.05, 4.69) is 20.8 Å². The third kappa shape index (κ3) is 2.71. The second kappa shape index (κ2) is 4.12. The molecule has 76 valence electrons. The number of carbonyl (C=O) groups is 1. The minimum atomic E-state index is 0.245. The third-order valence-electron chi connectivity index (χ3n) is 2.77. The molecular weight excluding hydrogens is 162 g/mol. The zero-order valence-corrected chi connectivity index (χ0v) is 9.21. The van der Waals surface area contributed by atoms with E-state index >= 15 is 0 Å². The lowest BCUT2D eigenvalue weighted by Crippen LogP contribution is -2.34. The fraction of sp³-hybridized carbons (Fsp3) is 0.909. The van der Waals surface area contributed by atoms with Gasteiger partial charge in [0.15, 0.2) is 0 Å². The summed E-state index contributed by atoms with van der Waals surface area (Å²) < 4.78 is 0. The van der Waals surface area contributed by atoms with Gasteiger partial charge in [-0.15, -0.1) is 0 Å². The Hall–Kier alpha value is -0.530. The van der Waals surface area contributed by atoms with Gasteiger partial charge < -0.3 is 4.90 Å². The molecule has 2 unspecified atom stereocenters. The number of hydrogen-bond donors (Lipinski definition) is 0. The summed E-state index contributed by atoms with van der Waals surface area (Å²) in [5.74, 6) is 1.62. The summed E-state index contributed by atoms with van der Waals surface area (Å²) in [7, 11) is 0. The molecule has 1 amide bonds. The fourth-order valence-electron chi connectivity index (χ4n) is 2.30. The Balaban J connectivity index is 2.55. The molecule has 0 saturated carbocycles. The van der Waals surface area contributed by atoms with E-state index in [1.54, 1.807) is 6.92 Å². The van der Waals surface area contributed by atoms with Crippen LogP contribution in [0.1, 0.15) is 40.5 Å². The number of likely N-dealkylation sites (tertiary alicyclic amines) is 1. The molecule has 1 saturated heterocycles. The van der Waals surface area contributed by atoms with Crippen molar-refractivity contribution in [2.45, 2.75) is 46.6 Å². The maximum absolute atomic E-state index is 11.3. The quantitative estimate of drug-likeness (QED) is 0.643. The van der Waals surface area contributed by atoms with Gasteiger partial charge in [0.05, 0.1) is 0 Å². The van der Waals surface area contributed by atoms with Crippen LogP contribution in [0, 0.1) is 11.8 Å². The molecule has 2 heteroatoms. The number of carbonyl (C=O) groups excluding carboxylic acids is 1. The monoisotopic (exact) mass is 183 g/mol. The molecule has 0 N–H and O–H groups in total. The van der Waals surface area contributed by atoms with Gasteiger partial charge in [-0.3, -0.25) is 4.79 Å². The number of rotatable bonds is 2. The van der Waals surface area contributed by atoms with Gasteiger partial charge >= 0.3 is 0 Å². The Morgan fingerprint density at radius 2 is 2.15 bits per heavy atom. The van der Waals surface area contributed by atoms with Crippen molar-refractivity contribution in [3.63, 3.8) is 0 Å². The average Bonchev–Trinajstić information content (AvgIpc) is 2.29. The molecule has 0 bridgehead atoms. The normalized spacial score (nSPS) is 28.5. The maximum atomic E-state index is 11.3. The first-order valence-corrected chi connectivity index (χ1v) is 5.28. The first-order chi connectivity index (χ1) is 6.00. The highest BCUT2D eigenvalue weighted by atomic mass is 16.2. The van der Waals surface area contributed by atoms with Crippen LogP contribution in [0.5, 0.6) is 0 Å². The minimum absolute atomic E-state index is 0.245. The predicted octanol–water partition coefficient (Wildman–Crippen LogP) is 2.29. The summed E-state index contributed by atoms with van der Waals surface area (Å²) in [6.45, 7) is 9.33. The summed E-state index contributed by atoms with van der Waals surface area (Å²) in [6, 6.07) is 0.507. The number of nitrogens with zero attached hydrogens (tertiary/aromatic N) is 1. The molecule has 0 aromatic heterocycles. The van der Waals surface area contributed by atoms with Crippen LogP contribution in [0.2, 0.25) is 0 Å². The molecule has 1 fully saturated rings. The molecule has 0 radical (unpaired) electrons. The molecule has 0 spiro atoms. The first kappa shape index (κ1) is 10.6. The molecule has 1 aliphatic heterocycles. The van der Waals surface area contributed by atoms with Crippen molar-refractivity contribution in [1.82, 2.24) is 4.90 Å². The van der Waals surface area contributed by atoms with E-state index in [1.807, 2.05) is 4.90 Å². The second-order valence-electron chi connectivity index (χ2n) is 4.80. The van der Waals surface area contributed by atoms with E-state index < -0.39 is 0 Å². The molecule has 0 aliphatic carbocycles. The first-order valence-electron chi connectivity index (χ1n) is 5.28. The van der Waals surface area contributed by atoms with Gasteiger partial charge in [0.25, 0.3) is 0 Å². The van der Waals surface area contributed by atoms with Crippen molar-refractivity contribution in [2.75, 3.05) is 6.54 Å². The van der Waals surface area contributed by atoms with E-state index in [-0.39, 0.29) is 5.91 Å².